The van der Waals surface area contributed by atoms with Crippen molar-refractivity contribution in [1.29, 1.82) is 0 Å². The van der Waals surface area contributed by atoms with E-state index in [-0.39, 0.29) is 0 Å². The van der Waals surface area contributed by atoms with Crippen molar-refractivity contribution >= 4 is 0 Å². The summed E-state index contributed by atoms with van der Waals surface area (Å²) >= 11 is 0. The maximum atomic E-state index is 5.26. The molecule has 1 aliphatic rings. The summed E-state index contributed by atoms with van der Waals surface area (Å²) in [5.41, 5.74) is 0. The highest BCUT2D eigenvalue weighted by Gasteiger charge is 2.14. The standard InChI is InChI=1S/C13H28N2O/c1-3-14-13(12-16-2)11-15-9-7-5-4-6-8-10-15/h13-14H,3-12H2,1-2H3. The quantitative estimate of drug-likeness (QED) is 0.751. The second-order valence-corrected chi connectivity index (χ2v) is 4.78. The van der Waals surface area contributed by atoms with Crippen LogP contribution >= 0.6 is 0 Å². The monoisotopic (exact) mass is 228 g/mol. The number of ether oxygens (including phenoxy) is 1. The molecule has 0 radical (unpaired) electrons. The number of likely N-dealkylation sites (tertiary alicyclic amines) is 1. The minimum Gasteiger partial charge on any atom is -0.383 e. The number of hydrogen-bond acceptors (Lipinski definition) is 3. The molecule has 1 unspecified atom stereocenters. The van der Waals surface area contributed by atoms with Crippen molar-refractivity contribution in [3.8, 4) is 0 Å². The molecule has 0 aromatic rings. The molecule has 96 valence electrons. The van der Waals surface area contributed by atoms with Gasteiger partial charge in [-0.25, -0.2) is 0 Å². The van der Waals surface area contributed by atoms with E-state index in [0.717, 1.165) is 19.7 Å². The second kappa shape index (κ2) is 8.97. The van der Waals surface area contributed by atoms with Crippen LogP contribution in [0.3, 0.4) is 0 Å². The Labute approximate surface area is 101 Å². The Kier molecular flexibility index (Phi) is 7.81. The van der Waals surface area contributed by atoms with E-state index in [2.05, 4.69) is 17.1 Å². The first kappa shape index (κ1) is 13.9. The number of hydrogen-bond donors (Lipinski definition) is 1. The predicted octanol–water partition coefficient (Wildman–Crippen LogP) is 1.88. The van der Waals surface area contributed by atoms with Gasteiger partial charge in [-0.2, -0.15) is 0 Å². The van der Waals surface area contributed by atoms with E-state index in [1.165, 1.54) is 45.2 Å². The summed E-state index contributed by atoms with van der Waals surface area (Å²) < 4.78 is 5.26. The van der Waals surface area contributed by atoms with Crippen LogP contribution in [0.2, 0.25) is 0 Å². The van der Waals surface area contributed by atoms with Crippen LogP contribution in [-0.2, 0) is 4.74 Å². The lowest BCUT2D eigenvalue weighted by molar-refractivity contribution is 0.134. The summed E-state index contributed by atoms with van der Waals surface area (Å²) in [6.45, 7) is 7.70. The van der Waals surface area contributed by atoms with Gasteiger partial charge in [0.25, 0.3) is 0 Å². The van der Waals surface area contributed by atoms with Gasteiger partial charge in [0.2, 0.25) is 0 Å². The largest absolute Gasteiger partial charge is 0.383 e. The number of methoxy groups -OCH3 is 1. The summed E-state index contributed by atoms with van der Waals surface area (Å²) in [4.78, 5) is 2.60. The lowest BCUT2D eigenvalue weighted by atomic mass is 10.1. The molecule has 0 saturated carbocycles. The Hall–Kier alpha value is -0.120. The normalized spacial score (nSPS) is 21.4. The van der Waals surface area contributed by atoms with Crippen LogP contribution in [0.4, 0.5) is 0 Å². The molecule has 0 bridgehead atoms. The summed E-state index contributed by atoms with van der Waals surface area (Å²) in [5, 5.41) is 3.50. The molecule has 0 amide bonds. The molecule has 0 spiro atoms. The van der Waals surface area contributed by atoms with Gasteiger partial charge in [0.1, 0.15) is 0 Å². The van der Waals surface area contributed by atoms with Gasteiger partial charge in [-0.05, 0) is 32.5 Å². The highest BCUT2D eigenvalue weighted by Crippen LogP contribution is 2.10. The zero-order valence-electron chi connectivity index (χ0n) is 11.0. The van der Waals surface area contributed by atoms with Crippen LogP contribution < -0.4 is 5.32 Å². The third-order valence-electron chi connectivity index (χ3n) is 3.29. The molecule has 1 fully saturated rings. The maximum absolute atomic E-state index is 5.26. The summed E-state index contributed by atoms with van der Waals surface area (Å²) in [5.74, 6) is 0. The molecule has 16 heavy (non-hydrogen) atoms. The molecule has 0 aliphatic carbocycles. The average molecular weight is 228 g/mol. The summed E-state index contributed by atoms with van der Waals surface area (Å²) in [7, 11) is 1.79. The molecular weight excluding hydrogens is 200 g/mol. The third kappa shape index (κ3) is 5.83. The highest BCUT2D eigenvalue weighted by atomic mass is 16.5. The topological polar surface area (TPSA) is 24.5 Å². The Morgan fingerprint density at radius 1 is 1.12 bits per heavy atom. The van der Waals surface area contributed by atoms with Crippen molar-refractivity contribution in [1.82, 2.24) is 10.2 Å². The van der Waals surface area contributed by atoms with Crippen LogP contribution in [0, 0.1) is 0 Å². The molecular formula is C13H28N2O. The van der Waals surface area contributed by atoms with Crippen molar-refractivity contribution in [2.75, 3.05) is 39.9 Å². The molecule has 1 aliphatic heterocycles. The maximum Gasteiger partial charge on any atom is 0.0628 e. The van der Waals surface area contributed by atoms with E-state index in [1.54, 1.807) is 7.11 Å². The van der Waals surface area contributed by atoms with Crippen molar-refractivity contribution in [2.24, 2.45) is 0 Å². The first-order valence-corrected chi connectivity index (χ1v) is 6.81. The molecule has 1 saturated heterocycles. The lowest BCUT2D eigenvalue weighted by Gasteiger charge is -2.29. The van der Waals surface area contributed by atoms with E-state index in [9.17, 15) is 0 Å². The van der Waals surface area contributed by atoms with E-state index >= 15 is 0 Å². The first-order valence-electron chi connectivity index (χ1n) is 6.81. The molecule has 1 N–H and O–H groups in total. The van der Waals surface area contributed by atoms with Crippen LogP contribution in [0.5, 0.6) is 0 Å². The summed E-state index contributed by atoms with van der Waals surface area (Å²) in [6, 6.07) is 0.495. The third-order valence-corrected chi connectivity index (χ3v) is 3.29. The Morgan fingerprint density at radius 2 is 1.75 bits per heavy atom. The lowest BCUT2D eigenvalue weighted by Crippen LogP contribution is -2.44. The molecule has 1 rings (SSSR count). The van der Waals surface area contributed by atoms with E-state index in [0.29, 0.717) is 6.04 Å². The zero-order chi connectivity index (χ0) is 11.6. The van der Waals surface area contributed by atoms with Gasteiger partial charge in [-0.1, -0.05) is 26.2 Å². The second-order valence-electron chi connectivity index (χ2n) is 4.78. The molecule has 0 aromatic heterocycles. The minimum atomic E-state index is 0.495. The van der Waals surface area contributed by atoms with Crippen LogP contribution in [0.15, 0.2) is 0 Å². The average Bonchev–Trinajstić information content (AvgIpc) is 2.22. The van der Waals surface area contributed by atoms with E-state index in [1.807, 2.05) is 0 Å². The Bertz CT molecular complexity index is 150. The fourth-order valence-electron chi connectivity index (χ4n) is 2.47. The molecule has 1 atom stereocenters. The SMILES string of the molecule is CCNC(COC)CN1CCCCCCC1. The van der Waals surface area contributed by atoms with Crippen molar-refractivity contribution < 1.29 is 4.74 Å². The fraction of sp³-hybridized carbons (Fsp3) is 1.00. The van der Waals surface area contributed by atoms with E-state index < -0.39 is 0 Å². The summed E-state index contributed by atoms with van der Waals surface area (Å²) in [6.07, 6.45) is 6.99. The zero-order valence-corrected chi connectivity index (χ0v) is 11.0. The first-order chi connectivity index (χ1) is 7.86. The molecule has 3 heteroatoms. The van der Waals surface area contributed by atoms with Gasteiger partial charge in [-0.3, -0.25) is 0 Å². The number of nitrogens with zero attached hydrogens (tertiary/aromatic N) is 1. The highest BCUT2D eigenvalue weighted by molar-refractivity contribution is 4.72. The number of nitrogens with one attached hydrogen (secondary N) is 1. The Morgan fingerprint density at radius 3 is 2.31 bits per heavy atom. The van der Waals surface area contributed by atoms with Crippen LogP contribution in [0.25, 0.3) is 0 Å². The van der Waals surface area contributed by atoms with Gasteiger partial charge in [0.05, 0.1) is 6.61 Å². The smallest absolute Gasteiger partial charge is 0.0628 e. The van der Waals surface area contributed by atoms with Gasteiger partial charge in [0, 0.05) is 19.7 Å². The van der Waals surface area contributed by atoms with Crippen LogP contribution in [0.1, 0.15) is 39.0 Å². The van der Waals surface area contributed by atoms with E-state index in [4.69, 9.17) is 4.74 Å². The van der Waals surface area contributed by atoms with Crippen molar-refractivity contribution in [3.63, 3.8) is 0 Å². The van der Waals surface area contributed by atoms with Gasteiger partial charge < -0.3 is 15.0 Å². The van der Waals surface area contributed by atoms with Gasteiger partial charge >= 0.3 is 0 Å². The van der Waals surface area contributed by atoms with Gasteiger partial charge in [-0.15, -0.1) is 0 Å². The molecule has 0 aromatic carbocycles. The fourth-order valence-corrected chi connectivity index (χ4v) is 2.47. The Balaban J connectivity index is 2.28. The minimum absolute atomic E-state index is 0.495. The van der Waals surface area contributed by atoms with Crippen LogP contribution in [-0.4, -0.2) is 50.8 Å². The van der Waals surface area contributed by atoms with Gasteiger partial charge in [0.15, 0.2) is 0 Å². The van der Waals surface area contributed by atoms with Crippen molar-refractivity contribution in [3.05, 3.63) is 0 Å². The van der Waals surface area contributed by atoms with Crippen molar-refractivity contribution in [2.45, 2.75) is 45.1 Å². The molecule has 3 nitrogen and oxygen atoms in total. The number of likely N-dealkylation sites (N-methyl/N-ethyl adjacent to an activating group) is 1. The molecule has 1 heterocycles. The predicted molar refractivity (Wildman–Crippen MR) is 68.9 cm³/mol. The number of rotatable bonds is 6.